The van der Waals surface area contributed by atoms with Gasteiger partial charge in [-0.05, 0) is 19.4 Å². The smallest absolute Gasteiger partial charge is 0.230 e. The summed E-state index contributed by atoms with van der Waals surface area (Å²) < 4.78 is 0. The normalized spacial score (nSPS) is 10.1. The lowest BCUT2D eigenvalue weighted by Crippen LogP contribution is -2.36. The molecular formula is C10H23N3O. The largest absolute Gasteiger partial charge is 0.330 e. The molecule has 0 spiro atoms. The van der Waals surface area contributed by atoms with Gasteiger partial charge in [0.05, 0.1) is 0 Å². The zero-order valence-corrected chi connectivity index (χ0v) is 9.14. The summed E-state index contributed by atoms with van der Waals surface area (Å²) in [6, 6.07) is 0. The standard InChI is InChI=1S/C10H23N3O/c1-10(14)13-12-9-7-5-3-2-4-6-8-11/h12H,2-9,11H2,1H3,(H,13,14). The molecule has 4 nitrogen and oxygen atoms in total. The van der Waals surface area contributed by atoms with Gasteiger partial charge in [0.25, 0.3) is 0 Å². The molecule has 84 valence electrons. The average molecular weight is 201 g/mol. The molecule has 0 aromatic rings. The summed E-state index contributed by atoms with van der Waals surface area (Å²) in [6.45, 7) is 3.17. The van der Waals surface area contributed by atoms with Gasteiger partial charge in [-0.2, -0.15) is 0 Å². The Morgan fingerprint density at radius 2 is 1.64 bits per heavy atom. The van der Waals surface area contributed by atoms with E-state index in [2.05, 4.69) is 10.9 Å². The van der Waals surface area contributed by atoms with Crippen LogP contribution in [-0.2, 0) is 4.79 Å². The van der Waals surface area contributed by atoms with Crippen LogP contribution in [0.25, 0.3) is 0 Å². The minimum absolute atomic E-state index is 0.0343. The summed E-state index contributed by atoms with van der Waals surface area (Å²) in [5.41, 5.74) is 10.8. The summed E-state index contributed by atoms with van der Waals surface area (Å²) in [7, 11) is 0. The third kappa shape index (κ3) is 11.4. The molecule has 0 radical (unpaired) electrons. The van der Waals surface area contributed by atoms with Crippen molar-refractivity contribution in [2.45, 2.75) is 45.4 Å². The first kappa shape index (κ1) is 13.4. The zero-order valence-electron chi connectivity index (χ0n) is 9.14. The summed E-state index contributed by atoms with van der Waals surface area (Å²) >= 11 is 0. The molecule has 0 aliphatic carbocycles. The van der Waals surface area contributed by atoms with Crippen molar-refractivity contribution in [2.75, 3.05) is 13.1 Å². The first-order chi connectivity index (χ1) is 6.77. The lowest BCUT2D eigenvalue weighted by Gasteiger charge is -2.04. The molecule has 0 unspecified atom stereocenters. The van der Waals surface area contributed by atoms with Gasteiger partial charge in [0.15, 0.2) is 0 Å². The SMILES string of the molecule is CC(=O)NNCCCCCCCCN. The molecule has 1 amide bonds. The van der Waals surface area contributed by atoms with Gasteiger partial charge in [0.1, 0.15) is 0 Å². The van der Waals surface area contributed by atoms with Crippen molar-refractivity contribution < 1.29 is 4.79 Å². The molecule has 0 bridgehead atoms. The van der Waals surface area contributed by atoms with Gasteiger partial charge in [0.2, 0.25) is 5.91 Å². The van der Waals surface area contributed by atoms with Crippen LogP contribution in [0.4, 0.5) is 0 Å². The minimum Gasteiger partial charge on any atom is -0.330 e. The summed E-state index contributed by atoms with van der Waals surface area (Å²) in [4.78, 5) is 10.5. The molecule has 0 aromatic heterocycles. The number of carbonyl (C=O) groups excluding carboxylic acids is 1. The molecule has 0 aromatic carbocycles. The molecule has 0 aliphatic rings. The molecule has 0 rings (SSSR count). The molecule has 0 heterocycles. The fraction of sp³-hybridized carbons (Fsp3) is 0.900. The molecule has 4 N–H and O–H groups in total. The quantitative estimate of drug-likeness (QED) is 0.384. The van der Waals surface area contributed by atoms with Gasteiger partial charge in [0, 0.05) is 13.5 Å². The lowest BCUT2D eigenvalue weighted by atomic mass is 10.1. The van der Waals surface area contributed by atoms with Gasteiger partial charge in [-0.25, -0.2) is 5.43 Å². The fourth-order valence-corrected chi connectivity index (χ4v) is 1.25. The van der Waals surface area contributed by atoms with Crippen LogP contribution in [0.2, 0.25) is 0 Å². The van der Waals surface area contributed by atoms with E-state index in [1.807, 2.05) is 0 Å². The Morgan fingerprint density at radius 1 is 1.07 bits per heavy atom. The number of hydrogen-bond donors (Lipinski definition) is 3. The molecule has 0 aliphatic heterocycles. The Hall–Kier alpha value is -0.610. The number of nitrogens with two attached hydrogens (primary N) is 1. The second-order valence-electron chi connectivity index (χ2n) is 3.52. The van der Waals surface area contributed by atoms with Gasteiger partial charge < -0.3 is 5.73 Å². The predicted octanol–water partition coefficient (Wildman–Crippen LogP) is 0.926. The molecular weight excluding hydrogens is 178 g/mol. The number of rotatable bonds is 9. The molecule has 0 saturated heterocycles. The van der Waals surface area contributed by atoms with E-state index in [-0.39, 0.29) is 5.91 Å². The topological polar surface area (TPSA) is 67.2 Å². The van der Waals surface area contributed by atoms with Crippen LogP contribution in [0.5, 0.6) is 0 Å². The number of hydrazine groups is 1. The third-order valence-corrected chi connectivity index (χ3v) is 2.02. The van der Waals surface area contributed by atoms with Crippen molar-refractivity contribution in [3.8, 4) is 0 Å². The molecule has 0 saturated carbocycles. The predicted molar refractivity (Wildman–Crippen MR) is 58.6 cm³/mol. The van der Waals surface area contributed by atoms with E-state index in [0.29, 0.717) is 0 Å². The second-order valence-corrected chi connectivity index (χ2v) is 3.52. The van der Waals surface area contributed by atoms with Crippen LogP contribution in [0.3, 0.4) is 0 Å². The van der Waals surface area contributed by atoms with Crippen LogP contribution in [0.1, 0.15) is 45.4 Å². The maximum Gasteiger partial charge on any atom is 0.230 e. The average Bonchev–Trinajstić information content (AvgIpc) is 2.15. The Labute approximate surface area is 86.6 Å². The lowest BCUT2D eigenvalue weighted by molar-refractivity contribution is -0.119. The maximum absolute atomic E-state index is 10.5. The Morgan fingerprint density at radius 3 is 2.21 bits per heavy atom. The summed E-state index contributed by atoms with van der Waals surface area (Å²) in [5.74, 6) is -0.0343. The van der Waals surface area contributed by atoms with E-state index in [1.54, 1.807) is 0 Å². The highest BCUT2D eigenvalue weighted by Gasteiger charge is 1.91. The maximum atomic E-state index is 10.5. The Balaban J connectivity index is 2.88. The summed E-state index contributed by atoms with van der Waals surface area (Å²) in [6.07, 6.45) is 7.26. The first-order valence-electron chi connectivity index (χ1n) is 5.47. The highest BCUT2D eigenvalue weighted by atomic mass is 16.2. The van der Waals surface area contributed by atoms with Crippen molar-refractivity contribution in [2.24, 2.45) is 5.73 Å². The number of amides is 1. The van der Waals surface area contributed by atoms with E-state index in [9.17, 15) is 4.79 Å². The van der Waals surface area contributed by atoms with Gasteiger partial charge in [-0.15, -0.1) is 0 Å². The number of unbranched alkanes of at least 4 members (excludes halogenated alkanes) is 5. The van der Waals surface area contributed by atoms with Crippen molar-refractivity contribution in [3.05, 3.63) is 0 Å². The Kier molecular flexibility index (Phi) is 10.0. The van der Waals surface area contributed by atoms with Crippen LogP contribution < -0.4 is 16.6 Å². The van der Waals surface area contributed by atoms with Crippen LogP contribution >= 0.6 is 0 Å². The van der Waals surface area contributed by atoms with E-state index in [0.717, 1.165) is 25.9 Å². The third-order valence-electron chi connectivity index (χ3n) is 2.02. The number of hydrogen-bond acceptors (Lipinski definition) is 3. The molecule has 0 fully saturated rings. The summed E-state index contributed by atoms with van der Waals surface area (Å²) in [5, 5.41) is 0. The second kappa shape index (κ2) is 10.5. The fourth-order valence-electron chi connectivity index (χ4n) is 1.25. The van der Waals surface area contributed by atoms with E-state index in [4.69, 9.17) is 5.73 Å². The van der Waals surface area contributed by atoms with E-state index < -0.39 is 0 Å². The zero-order chi connectivity index (χ0) is 10.6. The highest BCUT2D eigenvalue weighted by molar-refractivity contribution is 5.72. The molecule has 4 heteroatoms. The minimum atomic E-state index is -0.0343. The van der Waals surface area contributed by atoms with Crippen molar-refractivity contribution in [1.29, 1.82) is 0 Å². The molecule has 0 atom stereocenters. The van der Waals surface area contributed by atoms with Gasteiger partial charge >= 0.3 is 0 Å². The number of nitrogens with one attached hydrogen (secondary N) is 2. The molecule has 14 heavy (non-hydrogen) atoms. The van der Waals surface area contributed by atoms with Crippen LogP contribution in [0.15, 0.2) is 0 Å². The van der Waals surface area contributed by atoms with Crippen molar-refractivity contribution >= 4 is 5.91 Å². The van der Waals surface area contributed by atoms with E-state index >= 15 is 0 Å². The van der Waals surface area contributed by atoms with Gasteiger partial charge in [-0.3, -0.25) is 10.2 Å². The first-order valence-corrected chi connectivity index (χ1v) is 5.47. The van der Waals surface area contributed by atoms with Crippen LogP contribution in [-0.4, -0.2) is 19.0 Å². The Bertz CT molecular complexity index is 139. The number of carbonyl (C=O) groups is 1. The van der Waals surface area contributed by atoms with Crippen molar-refractivity contribution in [1.82, 2.24) is 10.9 Å². The monoisotopic (exact) mass is 201 g/mol. The van der Waals surface area contributed by atoms with E-state index in [1.165, 1.54) is 32.6 Å². The van der Waals surface area contributed by atoms with Crippen LogP contribution in [0, 0.1) is 0 Å². The van der Waals surface area contributed by atoms with Crippen molar-refractivity contribution in [3.63, 3.8) is 0 Å². The van der Waals surface area contributed by atoms with Gasteiger partial charge in [-0.1, -0.05) is 25.7 Å². The highest BCUT2D eigenvalue weighted by Crippen LogP contribution is 2.03.